The van der Waals surface area contributed by atoms with Crippen LogP contribution < -0.4 is 19.1 Å². The molecule has 4 rings (SSSR count). The fraction of sp³-hybridized carbons (Fsp3) is 0.320. The topological polar surface area (TPSA) is 84.9 Å². The Hall–Kier alpha value is -3.26. The zero-order valence-corrected chi connectivity index (χ0v) is 19.6. The van der Waals surface area contributed by atoms with Crippen molar-refractivity contribution < 1.29 is 22.7 Å². The summed E-state index contributed by atoms with van der Waals surface area (Å²) in [6.45, 7) is 3.05. The summed E-state index contributed by atoms with van der Waals surface area (Å²) in [4.78, 5) is 12.7. The minimum absolute atomic E-state index is 0.181. The van der Waals surface area contributed by atoms with Crippen LogP contribution in [0.15, 0.2) is 60.7 Å². The molecule has 1 N–H and O–H groups in total. The molecule has 0 bridgehead atoms. The Balaban J connectivity index is 1.40. The van der Waals surface area contributed by atoms with E-state index in [9.17, 15) is 13.2 Å². The number of carbonyl (C=O) groups is 1. The van der Waals surface area contributed by atoms with Crippen molar-refractivity contribution >= 4 is 32.4 Å². The lowest BCUT2D eigenvalue weighted by molar-refractivity contribution is -0.119. The van der Waals surface area contributed by atoms with Gasteiger partial charge in [-0.15, -0.1) is 0 Å². The third-order valence-electron chi connectivity index (χ3n) is 5.60. The fourth-order valence-corrected chi connectivity index (χ4v) is 4.83. The summed E-state index contributed by atoms with van der Waals surface area (Å²) in [5.74, 6) is 0.850. The lowest BCUT2D eigenvalue weighted by Gasteiger charge is -2.25. The largest absolute Gasteiger partial charge is 0.486 e. The van der Waals surface area contributed by atoms with Crippen LogP contribution in [0.1, 0.15) is 12.5 Å². The molecule has 7 nitrogen and oxygen atoms in total. The number of nitrogens with zero attached hydrogens (tertiary/aromatic N) is 1. The van der Waals surface area contributed by atoms with E-state index in [-0.39, 0.29) is 18.4 Å². The Morgan fingerprint density at radius 1 is 1.03 bits per heavy atom. The second kappa shape index (κ2) is 9.70. The first-order chi connectivity index (χ1) is 15.8. The van der Waals surface area contributed by atoms with Crippen LogP contribution in [0.3, 0.4) is 0 Å². The fourth-order valence-electron chi connectivity index (χ4n) is 3.98. The van der Waals surface area contributed by atoms with Crippen LogP contribution in [0.5, 0.6) is 11.5 Å². The number of amides is 1. The average Bonchev–Trinajstić information content (AvgIpc) is 2.80. The molecule has 0 fully saturated rings. The SMILES string of the molecule is CC(CNC(=O)CN(c1ccc2c(c1)OCCO2)S(C)(=O)=O)Cc1cccc2ccccc12. The maximum Gasteiger partial charge on any atom is 0.240 e. The molecule has 0 radical (unpaired) electrons. The molecule has 3 aromatic rings. The maximum atomic E-state index is 12.7. The van der Waals surface area contributed by atoms with E-state index in [4.69, 9.17) is 9.47 Å². The Morgan fingerprint density at radius 3 is 2.55 bits per heavy atom. The predicted octanol–water partition coefficient (Wildman–Crippen LogP) is 3.37. The number of anilines is 1. The van der Waals surface area contributed by atoms with Crippen molar-refractivity contribution in [2.75, 3.05) is 36.9 Å². The zero-order chi connectivity index (χ0) is 23.4. The molecule has 0 saturated heterocycles. The molecule has 0 aliphatic carbocycles. The first-order valence-electron chi connectivity index (χ1n) is 10.9. The first kappa shape index (κ1) is 22.9. The number of hydrogen-bond donors (Lipinski definition) is 1. The molecule has 1 unspecified atom stereocenters. The highest BCUT2D eigenvalue weighted by atomic mass is 32.2. The number of sulfonamides is 1. The van der Waals surface area contributed by atoms with Gasteiger partial charge in [-0.25, -0.2) is 8.42 Å². The molecule has 0 spiro atoms. The van der Waals surface area contributed by atoms with Gasteiger partial charge in [-0.2, -0.15) is 0 Å². The van der Waals surface area contributed by atoms with Gasteiger partial charge in [0.2, 0.25) is 15.9 Å². The minimum Gasteiger partial charge on any atom is -0.486 e. The highest BCUT2D eigenvalue weighted by Gasteiger charge is 2.23. The molecule has 1 atom stereocenters. The maximum absolute atomic E-state index is 12.7. The third kappa shape index (κ3) is 5.57. The molecule has 0 aromatic heterocycles. The summed E-state index contributed by atoms with van der Waals surface area (Å²) in [6, 6.07) is 19.3. The van der Waals surface area contributed by atoms with E-state index in [1.54, 1.807) is 18.2 Å². The summed E-state index contributed by atoms with van der Waals surface area (Å²) in [5, 5.41) is 5.28. The molecule has 174 valence electrons. The van der Waals surface area contributed by atoms with E-state index in [2.05, 4.69) is 36.5 Å². The number of benzene rings is 3. The van der Waals surface area contributed by atoms with Gasteiger partial charge >= 0.3 is 0 Å². The van der Waals surface area contributed by atoms with Gasteiger partial charge in [-0.05, 0) is 40.8 Å². The summed E-state index contributed by atoms with van der Waals surface area (Å²) in [5.41, 5.74) is 1.59. The third-order valence-corrected chi connectivity index (χ3v) is 6.74. The molecule has 1 aliphatic heterocycles. The predicted molar refractivity (Wildman–Crippen MR) is 129 cm³/mol. The molecule has 33 heavy (non-hydrogen) atoms. The molecular weight excluding hydrogens is 440 g/mol. The second-order valence-corrected chi connectivity index (χ2v) is 10.3. The summed E-state index contributed by atoms with van der Waals surface area (Å²) < 4.78 is 36.9. The van der Waals surface area contributed by atoms with Crippen molar-refractivity contribution in [3.05, 3.63) is 66.2 Å². The second-order valence-electron chi connectivity index (χ2n) is 8.35. The van der Waals surface area contributed by atoms with E-state index < -0.39 is 10.0 Å². The van der Waals surface area contributed by atoms with Gasteiger partial charge in [-0.3, -0.25) is 9.10 Å². The van der Waals surface area contributed by atoms with Gasteiger partial charge in [-0.1, -0.05) is 49.4 Å². The smallest absolute Gasteiger partial charge is 0.240 e. The van der Waals surface area contributed by atoms with Gasteiger partial charge in [0.15, 0.2) is 11.5 Å². The van der Waals surface area contributed by atoms with Gasteiger partial charge in [0, 0.05) is 12.6 Å². The van der Waals surface area contributed by atoms with Crippen molar-refractivity contribution in [3.63, 3.8) is 0 Å². The minimum atomic E-state index is -3.67. The molecular formula is C25H28N2O5S. The lowest BCUT2D eigenvalue weighted by atomic mass is 9.96. The summed E-state index contributed by atoms with van der Waals surface area (Å²) in [6.07, 6.45) is 1.89. The van der Waals surface area contributed by atoms with Crippen molar-refractivity contribution in [2.45, 2.75) is 13.3 Å². The average molecular weight is 469 g/mol. The molecule has 0 saturated carbocycles. The molecule has 3 aromatic carbocycles. The van der Waals surface area contributed by atoms with Crippen LogP contribution in [0.2, 0.25) is 0 Å². The highest BCUT2D eigenvalue weighted by Crippen LogP contribution is 2.34. The van der Waals surface area contributed by atoms with Gasteiger partial charge in [0.1, 0.15) is 19.8 Å². The van der Waals surface area contributed by atoms with Crippen LogP contribution >= 0.6 is 0 Å². The molecule has 8 heteroatoms. The van der Waals surface area contributed by atoms with E-state index in [0.29, 0.717) is 36.9 Å². The van der Waals surface area contributed by atoms with Crippen molar-refractivity contribution in [3.8, 4) is 11.5 Å². The first-order valence-corrected chi connectivity index (χ1v) is 12.8. The molecule has 1 amide bonds. The van der Waals surface area contributed by atoms with Gasteiger partial charge < -0.3 is 14.8 Å². The van der Waals surface area contributed by atoms with Gasteiger partial charge in [0.25, 0.3) is 0 Å². The Morgan fingerprint density at radius 2 is 1.76 bits per heavy atom. The monoisotopic (exact) mass is 468 g/mol. The van der Waals surface area contributed by atoms with Crippen LogP contribution in [-0.4, -0.2) is 46.9 Å². The van der Waals surface area contributed by atoms with E-state index >= 15 is 0 Å². The zero-order valence-electron chi connectivity index (χ0n) is 18.8. The van der Waals surface area contributed by atoms with Crippen LogP contribution in [0.4, 0.5) is 5.69 Å². The van der Waals surface area contributed by atoms with E-state index in [1.807, 2.05) is 18.2 Å². The number of hydrogen-bond acceptors (Lipinski definition) is 5. The molecule has 1 aliphatic rings. The van der Waals surface area contributed by atoms with E-state index in [0.717, 1.165) is 17.0 Å². The summed E-state index contributed by atoms with van der Waals surface area (Å²) in [7, 11) is -3.67. The van der Waals surface area contributed by atoms with Crippen LogP contribution in [0, 0.1) is 5.92 Å². The standard InChI is InChI=1S/C25H28N2O5S/c1-18(14-20-8-5-7-19-6-3-4-9-22(19)20)16-26-25(28)17-27(33(2,29)30)21-10-11-23-24(15-21)32-13-12-31-23/h3-11,15,18H,12-14,16-17H2,1-2H3,(H,26,28). The normalized spacial score (nSPS) is 14.0. The molecule has 1 heterocycles. The number of fused-ring (bicyclic) bond motifs is 2. The lowest BCUT2D eigenvalue weighted by Crippen LogP contribution is -2.41. The number of nitrogens with one attached hydrogen (secondary N) is 1. The van der Waals surface area contributed by atoms with Crippen molar-refractivity contribution in [2.24, 2.45) is 5.92 Å². The quantitative estimate of drug-likeness (QED) is 0.548. The number of carbonyl (C=O) groups excluding carboxylic acids is 1. The van der Waals surface area contributed by atoms with Crippen LogP contribution in [0.25, 0.3) is 10.8 Å². The van der Waals surface area contributed by atoms with Crippen molar-refractivity contribution in [1.82, 2.24) is 5.32 Å². The van der Waals surface area contributed by atoms with Crippen molar-refractivity contribution in [1.29, 1.82) is 0 Å². The number of ether oxygens (including phenoxy) is 2. The van der Waals surface area contributed by atoms with Gasteiger partial charge in [0.05, 0.1) is 11.9 Å². The Labute approximate surface area is 194 Å². The highest BCUT2D eigenvalue weighted by molar-refractivity contribution is 7.92. The Bertz CT molecular complexity index is 1250. The number of rotatable bonds is 8. The summed E-state index contributed by atoms with van der Waals surface area (Å²) >= 11 is 0. The Kier molecular flexibility index (Phi) is 6.74. The van der Waals surface area contributed by atoms with E-state index in [1.165, 1.54) is 16.3 Å². The van der Waals surface area contributed by atoms with Crippen LogP contribution in [-0.2, 0) is 21.2 Å².